The second-order valence-corrected chi connectivity index (χ2v) is 3.94. The lowest BCUT2D eigenvalue weighted by Crippen LogP contribution is -2.10. The van der Waals surface area contributed by atoms with Crippen LogP contribution in [0.2, 0.25) is 0 Å². The van der Waals surface area contributed by atoms with Crippen molar-refractivity contribution in [2.45, 2.75) is 13.0 Å². The molecule has 0 aliphatic carbocycles. The van der Waals surface area contributed by atoms with Crippen LogP contribution >= 0.6 is 0 Å². The van der Waals surface area contributed by atoms with E-state index in [1.165, 1.54) is 0 Å². The Kier molecular flexibility index (Phi) is 3.97. The summed E-state index contributed by atoms with van der Waals surface area (Å²) < 4.78 is 5.67. The topological polar surface area (TPSA) is 41.8 Å². The molecule has 0 aromatic heterocycles. The average molecular weight is 241 g/mol. The largest absolute Gasteiger partial charge is 0.466 e. The minimum atomic E-state index is -0.261. The summed E-state index contributed by atoms with van der Waals surface area (Å²) in [5, 5.41) is 11.8. The van der Waals surface area contributed by atoms with E-state index in [-0.39, 0.29) is 12.0 Å². The fraction of sp³-hybridized carbons (Fsp3) is 0.133. The molecule has 0 aliphatic heterocycles. The van der Waals surface area contributed by atoms with Gasteiger partial charge in [-0.05, 0) is 11.1 Å². The van der Waals surface area contributed by atoms with Crippen molar-refractivity contribution in [1.82, 2.24) is 0 Å². The van der Waals surface area contributed by atoms with Gasteiger partial charge in [0.25, 0.3) is 0 Å². The van der Waals surface area contributed by atoms with Gasteiger partial charge in [-0.15, -0.1) is 0 Å². The first-order valence-electron chi connectivity index (χ1n) is 5.76. The molecule has 3 nitrogen and oxygen atoms in total. The minimum absolute atomic E-state index is 0.243. The number of rotatable bonds is 3. The van der Waals surface area contributed by atoms with Gasteiger partial charge >= 0.3 is 0 Å². The SMILES string of the molecule is CC(=NO)OC(c1ccccc1)c1ccccc1. The molecule has 2 aromatic rings. The van der Waals surface area contributed by atoms with Crippen LogP contribution in [-0.4, -0.2) is 11.1 Å². The van der Waals surface area contributed by atoms with E-state index < -0.39 is 0 Å². The third-order valence-corrected chi connectivity index (χ3v) is 2.63. The number of benzene rings is 2. The molecular weight excluding hydrogens is 226 g/mol. The van der Waals surface area contributed by atoms with Crippen molar-refractivity contribution in [1.29, 1.82) is 0 Å². The third-order valence-electron chi connectivity index (χ3n) is 2.63. The molecule has 0 spiro atoms. The van der Waals surface area contributed by atoms with Gasteiger partial charge in [0.1, 0.15) is 0 Å². The Bertz CT molecular complexity index is 469. The maximum absolute atomic E-state index is 8.74. The molecule has 0 unspecified atom stereocenters. The predicted molar refractivity (Wildman–Crippen MR) is 70.7 cm³/mol. The molecule has 0 bridgehead atoms. The van der Waals surface area contributed by atoms with Crippen LogP contribution in [0, 0.1) is 0 Å². The summed E-state index contributed by atoms with van der Waals surface area (Å²) in [6.45, 7) is 1.62. The van der Waals surface area contributed by atoms with Crippen LogP contribution in [0.25, 0.3) is 0 Å². The quantitative estimate of drug-likeness (QED) is 0.386. The minimum Gasteiger partial charge on any atom is -0.466 e. The van der Waals surface area contributed by atoms with Crippen molar-refractivity contribution >= 4 is 5.90 Å². The van der Waals surface area contributed by atoms with Crippen LogP contribution in [0.1, 0.15) is 24.2 Å². The highest BCUT2D eigenvalue weighted by molar-refractivity contribution is 5.73. The highest BCUT2D eigenvalue weighted by Crippen LogP contribution is 2.25. The zero-order valence-electron chi connectivity index (χ0n) is 10.2. The second kappa shape index (κ2) is 5.87. The molecule has 0 heterocycles. The number of oxime groups is 1. The first-order chi connectivity index (χ1) is 8.81. The van der Waals surface area contributed by atoms with E-state index in [2.05, 4.69) is 5.16 Å². The van der Waals surface area contributed by atoms with Crippen LogP contribution in [0.15, 0.2) is 65.8 Å². The van der Waals surface area contributed by atoms with Crippen molar-refractivity contribution < 1.29 is 9.94 Å². The molecular formula is C15H15NO2. The van der Waals surface area contributed by atoms with Crippen LogP contribution in [0.3, 0.4) is 0 Å². The van der Waals surface area contributed by atoms with Crippen LogP contribution in [-0.2, 0) is 4.74 Å². The van der Waals surface area contributed by atoms with Crippen molar-refractivity contribution in [3.8, 4) is 0 Å². The van der Waals surface area contributed by atoms with E-state index in [1.54, 1.807) is 6.92 Å². The van der Waals surface area contributed by atoms with E-state index in [0.717, 1.165) is 11.1 Å². The molecule has 0 fully saturated rings. The third kappa shape index (κ3) is 2.88. The van der Waals surface area contributed by atoms with Crippen molar-refractivity contribution in [2.75, 3.05) is 0 Å². The van der Waals surface area contributed by atoms with E-state index in [1.807, 2.05) is 60.7 Å². The zero-order chi connectivity index (χ0) is 12.8. The Balaban J connectivity index is 2.35. The first kappa shape index (κ1) is 12.2. The fourth-order valence-electron chi connectivity index (χ4n) is 1.78. The Morgan fingerprint density at radius 1 is 0.944 bits per heavy atom. The maximum atomic E-state index is 8.74. The molecule has 0 amide bonds. The van der Waals surface area contributed by atoms with Gasteiger partial charge in [0.2, 0.25) is 5.90 Å². The van der Waals surface area contributed by atoms with Gasteiger partial charge in [0, 0.05) is 6.92 Å². The highest BCUT2D eigenvalue weighted by atomic mass is 16.5. The van der Waals surface area contributed by atoms with Gasteiger partial charge in [-0.3, -0.25) is 0 Å². The molecule has 92 valence electrons. The van der Waals surface area contributed by atoms with E-state index >= 15 is 0 Å². The summed E-state index contributed by atoms with van der Waals surface area (Å²) in [5.41, 5.74) is 2.04. The van der Waals surface area contributed by atoms with Gasteiger partial charge in [0.05, 0.1) is 0 Å². The van der Waals surface area contributed by atoms with Crippen LogP contribution < -0.4 is 0 Å². The number of hydrogen-bond acceptors (Lipinski definition) is 3. The number of nitrogens with zero attached hydrogens (tertiary/aromatic N) is 1. The summed E-state index contributed by atoms with van der Waals surface area (Å²) in [4.78, 5) is 0. The highest BCUT2D eigenvalue weighted by Gasteiger charge is 2.15. The lowest BCUT2D eigenvalue weighted by molar-refractivity contribution is 0.206. The maximum Gasteiger partial charge on any atom is 0.223 e. The monoisotopic (exact) mass is 241 g/mol. The van der Waals surface area contributed by atoms with E-state index in [0.29, 0.717) is 0 Å². The van der Waals surface area contributed by atoms with Gasteiger partial charge in [0.15, 0.2) is 6.10 Å². The molecule has 0 saturated carbocycles. The lowest BCUT2D eigenvalue weighted by atomic mass is 10.0. The molecule has 0 aliphatic rings. The molecule has 2 aromatic carbocycles. The normalized spacial score (nSPS) is 11.6. The summed E-state index contributed by atoms with van der Waals surface area (Å²) in [5.74, 6) is 0.243. The fourth-order valence-corrected chi connectivity index (χ4v) is 1.78. The summed E-state index contributed by atoms with van der Waals surface area (Å²) in [6.07, 6.45) is -0.261. The number of hydrogen-bond donors (Lipinski definition) is 1. The Labute approximate surface area is 106 Å². The molecule has 0 radical (unpaired) electrons. The molecule has 2 rings (SSSR count). The van der Waals surface area contributed by atoms with Crippen molar-refractivity contribution in [3.05, 3.63) is 71.8 Å². The van der Waals surface area contributed by atoms with Gasteiger partial charge in [-0.2, -0.15) is 0 Å². The molecule has 3 heteroatoms. The second-order valence-electron chi connectivity index (χ2n) is 3.94. The van der Waals surface area contributed by atoms with Crippen LogP contribution in [0.5, 0.6) is 0 Å². The van der Waals surface area contributed by atoms with Gasteiger partial charge < -0.3 is 9.94 Å². The van der Waals surface area contributed by atoms with E-state index in [9.17, 15) is 0 Å². The Hall–Kier alpha value is -2.29. The van der Waals surface area contributed by atoms with Gasteiger partial charge in [-0.1, -0.05) is 65.8 Å². The average Bonchev–Trinajstić information content (AvgIpc) is 2.46. The molecule has 0 saturated heterocycles. The lowest BCUT2D eigenvalue weighted by Gasteiger charge is -2.19. The molecule has 18 heavy (non-hydrogen) atoms. The smallest absolute Gasteiger partial charge is 0.223 e. The van der Waals surface area contributed by atoms with Crippen molar-refractivity contribution in [3.63, 3.8) is 0 Å². The molecule has 0 atom stereocenters. The first-order valence-corrected chi connectivity index (χ1v) is 5.76. The zero-order valence-corrected chi connectivity index (χ0v) is 10.2. The predicted octanol–water partition coefficient (Wildman–Crippen LogP) is 3.60. The Morgan fingerprint density at radius 3 is 1.78 bits per heavy atom. The summed E-state index contributed by atoms with van der Waals surface area (Å²) in [7, 11) is 0. The van der Waals surface area contributed by atoms with E-state index in [4.69, 9.17) is 9.94 Å². The summed E-state index contributed by atoms with van der Waals surface area (Å²) in [6, 6.07) is 19.7. The summed E-state index contributed by atoms with van der Waals surface area (Å²) >= 11 is 0. The standard InChI is InChI=1S/C15H15NO2/c1-12(16-17)18-15(13-8-4-2-5-9-13)14-10-6-3-7-11-14/h2-11,15,17H,1H3. The number of ether oxygens (including phenoxy) is 1. The Morgan fingerprint density at radius 2 is 1.39 bits per heavy atom. The molecule has 1 N–H and O–H groups in total. The van der Waals surface area contributed by atoms with Gasteiger partial charge in [-0.25, -0.2) is 0 Å². The van der Waals surface area contributed by atoms with Crippen LogP contribution in [0.4, 0.5) is 0 Å². The van der Waals surface area contributed by atoms with Crippen molar-refractivity contribution in [2.24, 2.45) is 5.16 Å².